The molecular formula is C20H22O3. The molecule has 0 amide bonds. The SMILES string of the molecule is CC(=O)OCCC(=O)c1c(C)cc(C)c(-c2ccccc2)c1C. The molecule has 0 N–H and O–H groups in total. The zero-order valence-corrected chi connectivity index (χ0v) is 14.1. The van der Waals surface area contributed by atoms with Gasteiger partial charge in [-0.3, -0.25) is 9.59 Å². The number of carbonyl (C=O) groups excluding carboxylic acids is 2. The van der Waals surface area contributed by atoms with Gasteiger partial charge in [-0.2, -0.15) is 0 Å². The maximum atomic E-state index is 12.6. The van der Waals surface area contributed by atoms with Crippen molar-refractivity contribution in [1.29, 1.82) is 0 Å². The van der Waals surface area contributed by atoms with E-state index in [0.717, 1.165) is 33.4 Å². The molecule has 0 spiro atoms. The molecule has 3 nitrogen and oxygen atoms in total. The molecule has 0 aliphatic carbocycles. The summed E-state index contributed by atoms with van der Waals surface area (Å²) in [6, 6.07) is 12.1. The highest BCUT2D eigenvalue weighted by Gasteiger charge is 2.18. The largest absolute Gasteiger partial charge is 0.465 e. The summed E-state index contributed by atoms with van der Waals surface area (Å²) in [5.74, 6) is -0.349. The summed E-state index contributed by atoms with van der Waals surface area (Å²) < 4.78 is 4.89. The second-order valence-corrected chi connectivity index (χ2v) is 5.76. The molecule has 0 radical (unpaired) electrons. The highest BCUT2D eigenvalue weighted by atomic mass is 16.5. The van der Waals surface area contributed by atoms with E-state index in [4.69, 9.17) is 4.74 Å². The lowest BCUT2D eigenvalue weighted by molar-refractivity contribution is -0.140. The molecule has 0 bridgehead atoms. The summed E-state index contributed by atoms with van der Waals surface area (Å²) >= 11 is 0. The summed E-state index contributed by atoms with van der Waals surface area (Å²) in [6.45, 7) is 7.48. The Morgan fingerprint density at radius 1 is 1.00 bits per heavy atom. The Hall–Kier alpha value is -2.42. The van der Waals surface area contributed by atoms with Crippen molar-refractivity contribution in [1.82, 2.24) is 0 Å². The number of ketones is 1. The van der Waals surface area contributed by atoms with Crippen LogP contribution in [0.4, 0.5) is 0 Å². The van der Waals surface area contributed by atoms with Crippen LogP contribution < -0.4 is 0 Å². The van der Waals surface area contributed by atoms with Crippen LogP contribution in [0, 0.1) is 20.8 Å². The fourth-order valence-corrected chi connectivity index (χ4v) is 3.08. The Kier molecular flexibility index (Phi) is 5.32. The number of rotatable bonds is 5. The van der Waals surface area contributed by atoms with Crippen molar-refractivity contribution in [2.24, 2.45) is 0 Å². The minimum Gasteiger partial charge on any atom is -0.465 e. The molecule has 3 heteroatoms. The van der Waals surface area contributed by atoms with Gasteiger partial charge in [0.1, 0.15) is 0 Å². The minimum absolute atomic E-state index is 0.0124. The lowest BCUT2D eigenvalue weighted by atomic mass is 9.87. The van der Waals surface area contributed by atoms with Gasteiger partial charge in [0.15, 0.2) is 5.78 Å². The first-order valence-electron chi connectivity index (χ1n) is 7.74. The van der Waals surface area contributed by atoms with E-state index >= 15 is 0 Å². The number of hydrogen-bond acceptors (Lipinski definition) is 3. The van der Waals surface area contributed by atoms with Gasteiger partial charge in [-0.1, -0.05) is 36.4 Å². The molecule has 2 aromatic carbocycles. The maximum absolute atomic E-state index is 12.6. The summed E-state index contributed by atoms with van der Waals surface area (Å²) in [7, 11) is 0. The number of esters is 1. The second kappa shape index (κ2) is 7.23. The fourth-order valence-electron chi connectivity index (χ4n) is 3.08. The average molecular weight is 310 g/mol. The van der Waals surface area contributed by atoms with Gasteiger partial charge in [0.25, 0.3) is 0 Å². The van der Waals surface area contributed by atoms with E-state index in [-0.39, 0.29) is 24.8 Å². The van der Waals surface area contributed by atoms with Gasteiger partial charge in [-0.15, -0.1) is 0 Å². The molecule has 0 heterocycles. The van der Waals surface area contributed by atoms with Gasteiger partial charge in [0, 0.05) is 18.9 Å². The highest BCUT2D eigenvalue weighted by Crippen LogP contribution is 2.32. The number of hydrogen-bond donors (Lipinski definition) is 0. The van der Waals surface area contributed by atoms with Gasteiger partial charge in [-0.05, 0) is 48.6 Å². The van der Waals surface area contributed by atoms with Gasteiger partial charge in [0.2, 0.25) is 0 Å². The Morgan fingerprint density at radius 2 is 1.65 bits per heavy atom. The number of aryl methyl sites for hydroxylation is 2. The molecule has 2 aromatic rings. The van der Waals surface area contributed by atoms with Gasteiger partial charge < -0.3 is 4.74 Å². The molecule has 120 valence electrons. The van der Waals surface area contributed by atoms with Crippen LogP contribution in [0.1, 0.15) is 40.4 Å². The van der Waals surface area contributed by atoms with Crippen LogP contribution in [0.25, 0.3) is 11.1 Å². The Balaban J connectivity index is 2.41. The molecular weight excluding hydrogens is 288 g/mol. The second-order valence-electron chi connectivity index (χ2n) is 5.76. The monoisotopic (exact) mass is 310 g/mol. The van der Waals surface area contributed by atoms with E-state index in [2.05, 4.69) is 19.1 Å². The molecule has 0 saturated heterocycles. The smallest absolute Gasteiger partial charge is 0.302 e. The van der Waals surface area contributed by atoms with Crippen molar-refractivity contribution in [2.45, 2.75) is 34.1 Å². The molecule has 0 atom stereocenters. The van der Waals surface area contributed by atoms with Crippen molar-refractivity contribution in [2.75, 3.05) is 6.61 Å². The normalized spacial score (nSPS) is 10.4. The van der Waals surface area contributed by atoms with Gasteiger partial charge >= 0.3 is 5.97 Å². The molecule has 2 rings (SSSR count). The van der Waals surface area contributed by atoms with Crippen LogP contribution in [-0.4, -0.2) is 18.4 Å². The third kappa shape index (κ3) is 3.86. The average Bonchev–Trinajstić information content (AvgIpc) is 2.47. The van der Waals surface area contributed by atoms with Crippen molar-refractivity contribution in [3.05, 3.63) is 58.7 Å². The molecule has 0 unspecified atom stereocenters. The van der Waals surface area contributed by atoms with E-state index in [0.29, 0.717) is 0 Å². The first-order valence-corrected chi connectivity index (χ1v) is 7.74. The quantitative estimate of drug-likeness (QED) is 0.606. The van der Waals surface area contributed by atoms with E-state index in [9.17, 15) is 9.59 Å². The molecule has 0 saturated carbocycles. The van der Waals surface area contributed by atoms with E-state index in [1.54, 1.807) is 0 Å². The van der Waals surface area contributed by atoms with Crippen LogP contribution in [-0.2, 0) is 9.53 Å². The Morgan fingerprint density at radius 3 is 2.26 bits per heavy atom. The first kappa shape index (κ1) is 16.9. The summed E-state index contributed by atoms with van der Waals surface area (Å²) in [6.07, 6.45) is 0.207. The summed E-state index contributed by atoms with van der Waals surface area (Å²) in [5.41, 5.74) is 6.06. The Labute approximate surface area is 137 Å². The van der Waals surface area contributed by atoms with Crippen molar-refractivity contribution in [3.8, 4) is 11.1 Å². The molecule has 0 aliphatic heterocycles. The molecule has 0 aliphatic rings. The van der Waals surface area contributed by atoms with Crippen LogP contribution >= 0.6 is 0 Å². The topological polar surface area (TPSA) is 43.4 Å². The summed E-state index contributed by atoms with van der Waals surface area (Å²) in [4.78, 5) is 23.4. The van der Waals surface area contributed by atoms with E-state index < -0.39 is 0 Å². The standard InChI is InChI=1S/C20H22O3/c1-13-12-14(2)20(18(22)10-11-23-16(4)21)15(3)19(13)17-8-6-5-7-9-17/h5-9,12H,10-11H2,1-4H3. The molecule has 0 aromatic heterocycles. The number of Topliss-reactive ketones (excluding diaryl/α,β-unsaturated/α-hetero) is 1. The van der Waals surface area contributed by atoms with Crippen molar-refractivity contribution in [3.63, 3.8) is 0 Å². The lowest BCUT2D eigenvalue weighted by Gasteiger charge is -2.17. The van der Waals surface area contributed by atoms with Crippen LogP contribution in [0.3, 0.4) is 0 Å². The van der Waals surface area contributed by atoms with Crippen LogP contribution in [0.2, 0.25) is 0 Å². The maximum Gasteiger partial charge on any atom is 0.302 e. The van der Waals surface area contributed by atoms with Crippen molar-refractivity contribution < 1.29 is 14.3 Å². The third-order valence-electron chi connectivity index (χ3n) is 3.95. The van der Waals surface area contributed by atoms with Crippen LogP contribution in [0.5, 0.6) is 0 Å². The zero-order valence-electron chi connectivity index (χ0n) is 14.1. The molecule has 0 fully saturated rings. The predicted octanol–water partition coefficient (Wildman–Crippen LogP) is 4.41. The lowest BCUT2D eigenvalue weighted by Crippen LogP contribution is -2.11. The van der Waals surface area contributed by atoms with Gasteiger partial charge in [0.05, 0.1) is 6.61 Å². The van der Waals surface area contributed by atoms with Gasteiger partial charge in [-0.25, -0.2) is 0 Å². The first-order chi connectivity index (χ1) is 10.9. The summed E-state index contributed by atoms with van der Waals surface area (Å²) in [5, 5.41) is 0. The number of ether oxygens (including phenoxy) is 1. The number of carbonyl (C=O) groups is 2. The fraction of sp³-hybridized carbons (Fsp3) is 0.300. The zero-order chi connectivity index (χ0) is 17.0. The van der Waals surface area contributed by atoms with Crippen LogP contribution in [0.15, 0.2) is 36.4 Å². The van der Waals surface area contributed by atoms with E-state index in [1.165, 1.54) is 6.92 Å². The van der Waals surface area contributed by atoms with E-state index in [1.807, 2.05) is 38.1 Å². The minimum atomic E-state index is -0.361. The number of benzene rings is 2. The predicted molar refractivity (Wildman–Crippen MR) is 91.7 cm³/mol. The third-order valence-corrected chi connectivity index (χ3v) is 3.95. The Bertz CT molecular complexity index is 730. The highest BCUT2D eigenvalue weighted by molar-refractivity contribution is 6.01. The molecule has 23 heavy (non-hydrogen) atoms. The van der Waals surface area contributed by atoms with Crippen molar-refractivity contribution >= 4 is 11.8 Å².